The summed E-state index contributed by atoms with van der Waals surface area (Å²) in [5, 5.41) is 0. The maximum atomic E-state index is 11.3. The Morgan fingerprint density at radius 2 is 1.17 bits per heavy atom. The molecule has 0 radical (unpaired) electrons. The van der Waals surface area contributed by atoms with Gasteiger partial charge in [0.15, 0.2) is 13.5 Å². The molecule has 0 fully saturated rings. The summed E-state index contributed by atoms with van der Waals surface area (Å²) >= 11 is 0. The molecule has 0 atom stereocenters. The molecule has 1 rings (SSSR count). The first-order chi connectivity index (χ1) is 11.7. The van der Waals surface area contributed by atoms with Crippen LogP contribution in [0.2, 0.25) is 0 Å². The van der Waals surface area contributed by atoms with Crippen LogP contribution in [0.1, 0.15) is 24.0 Å². The second kappa shape index (κ2) is 11.5. The van der Waals surface area contributed by atoms with Gasteiger partial charge in [-0.3, -0.25) is 9.59 Å². The summed E-state index contributed by atoms with van der Waals surface area (Å²) < 4.78 is 9.36. The number of hydrogen-bond acceptors (Lipinski definition) is 8. The van der Waals surface area contributed by atoms with Crippen molar-refractivity contribution in [3.63, 3.8) is 0 Å². The molecule has 8 nitrogen and oxygen atoms in total. The van der Waals surface area contributed by atoms with Gasteiger partial charge < -0.3 is 9.47 Å². The van der Waals surface area contributed by atoms with E-state index in [9.17, 15) is 19.2 Å². The van der Waals surface area contributed by atoms with Gasteiger partial charge in [0, 0.05) is 12.8 Å². The third-order valence-corrected chi connectivity index (χ3v) is 2.97. The number of benzene rings is 1. The molecule has 0 aromatic heterocycles. The Balaban J connectivity index is 2.32. The van der Waals surface area contributed by atoms with Crippen LogP contribution in [-0.2, 0) is 41.5 Å². The van der Waals surface area contributed by atoms with Crippen LogP contribution in [0, 0.1) is 0 Å². The first-order valence-electron chi connectivity index (χ1n) is 7.12. The minimum Gasteiger partial charge on any atom is -0.442 e. The zero-order valence-electron chi connectivity index (χ0n) is 12.9. The van der Waals surface area contributed by atoms with Crippen molar-refractivity contribution in [3.05, 3.63) is 35.4 Å². The average Bonchev–Trinajstić information content (AvgIpc) is 2.59. The summed E-state index contributed by atoms with van der Waals surface area (Å²) in [6.45, 7) is -0.620. The van der Waals surface area contributed by atoms with Crippen molar-refractivity contribution in [2.45, 2.75) is 25.7 Å². The summed E-state index contributed by atoms with van der Waals surface area (Å²) in [5.41, 5.74) is 1.88. The maximum Gasteiger partial charge on any atom is 0.307 e. The minimum atomic E-state index is -0.446. The number of carbonyl (C=O) groups excluding carboxylic acids is 4. The monoisotopic (exact) mass is 332 g/mol. The molecule has 0 saturated carbocycles. The summed E-state index contributed by atoms with van der Waals surface area (Å²) in [6, 6.07) is 7.42. The second-order valence-electron chi connectivity index (χ2n) is 4.61. The van der Waals surface area contributed by atoms with E-state index in [0.29, 0.717) is 12.8 Å². The van der Waals surface area contributed by atoms with Crippen molar-refractivity contribution in [3.8, 4) is 0 Å². The molecule has 0 bridgehead atoms. The Labute approximate surface area is 138 Å². The van der Waals surface area contributed by atoms with Crippen molar-refractivity contribution >= 4 is 24.1 Å². The third-order valence-electron chi connectivity index (χ3n) is 2.97. The van der Waals surface area contributed by atoms with E-state index in [0.717, 1.165) is 11.1 Å². The zero-order valence-corrected chi connectivity index (χ0v) is 12.9. The minimum absolute atomic E-state index is 0.178. The normalized spacial score (nSPS) is 9.33. The van der Waals surface area contributed by atoms with Crippen molar-refractivity contribution in [1.29, 1.82) is 0 Å². The van der Waals surface area contributed by atoms with Gasteiger partial charge in [0.25, 0.3) is 0 Å². The van der Waals surface area contributed by atoms with Crippen LogP contribution in [0.15, 0.2) is 34.3 Å². The van der Waals surface area contributed by atoms with Gasteiger partial charge in [-0.05, 0) is 24.0 Å². The lowest BCUT2D eigenvalue weighted by Crippen LogP contribution is -2.06. The predicted molar refractivity (Wildman–Crippen MR) is 81.2 cm³/mol. The number of rotatable bonds is 10. The molecule has 0 aliphatic carbocycles. The number of esters is 2. The van der Waals surface area contributed by atoms with Gasteiger partial charge in [-0.15, -0.1) is 0 Å². The first kappa shape index (κ1) is 19.0. The SMILES string of the molecule is O=C=NCOC(=O)CCc1ccc(CCC(=O)OCN=C=O)cc1. The molecule has 0 amide bonds. The van der Waals surface area contributed by atoms with Crippen LogP contribution in [-0.4, -0.2) is 37.6 Å². The van der Waals surface area contributed by atoms with E-state index < -0.39 is 11.9 Å². The maximum absolute atomic E-state index is 11.3. The van der Waals surface area contributed by atoms with Crippen molar-refractivity contribution in [2.24, 2.45) is 9.98 Å². The Morgan fingerprint density at radius 3 is 1.50 bits per heavy atom. The molecule has 0 aliphatic rings. The lowest BCUT2D eigenvalue weighted by Gasteiger charge is -2.04. The fourth-order valence-electron chi connectivity index (χ4n) is 1.77. The van der Waals surface area contributed by atoms with E-state index in [-0.39, 0.29) is 26.3 Å². The summed E-state index contributed by atoms with van der Waals surface area (Å²) in [4.78, 5) is 48.6. The van der Waals surface area contributed by atoms with Gasteiger partial charge in [0.1, 0.15) is 0 Å². The number of isocyanates is 2. The molecule has 0 aliphatic heterocycles. The van der Waals surface area contributed by atoms with E-state index in [2.05, 4.69) is 19.5 Å². The molecule has 0 N–H and O–H groups in total. The molecule has 0 heterocycles. The standard InChI is InChI=1S/C16H16N2O6/c19-9-17-11-23-15(21)7-5-13-1-2-14(4-3-13)6-8-16(22)24-12-18-10-20/h1-4H,5-8,11-12H2. The third kappa shape index (κ3) is 8.38. The van der Waals surface area contributed by atoms with Gasteiger partial charge in [-0.2, -0.15) is 9.98 Å². The number of hydrogen-bond donors (Lipinski definition) is 0. The van der Waals surface area contributed by atoms with Gasteiger partial charge in [-0.25, -0.2) is 9.59 Å². The smallest absolute Gasteiger partial charge is 0.307 e. The van der Waals surface area contributed by atoms with E-state index in [1.165, 1.54) is 12.2 Å². The molecular weight excluding hydrogens is 316 g/mol. The van der Waals surface area contributed by atoms with Crippen molar-refractivity contribution in [1.82, 2.24) is 0 Å². The highest BCUT2D eigenvalue weighted by Crippen LogP contribution is 2.09. The number of aryl methyl sites for hydroxylation is 2. The van der Waals surface area contributed by atoms with Gasteiger partial charge >= 0.3 is 11.9 Å². The zero-order chi connectivity index (χ0) is 17.6. The molecule has 1 aromatic carbocycles. The van der Waals surface area contributed by atoms with Crippen LogP contribution < -0.4 is 0 Å². The molecule has 1 aromatic rings. The Morgan fingerprint density at radius 1 is 0.792 bits per heavy atom. The average molecular weight is 332 g/mol. The molecule has 8 heteroatoms. The van der Waals surface area contributed by atoms with Crippen LogP contribution in [0.25, 0.3) is 0 Å². The quantitative estimate of drug-likeness (QED) is 0.362. The van der Waals surface area contributed by atoms with E-state index in [1.807, 2.05) is 24.3 Å². The Kier molecular flexibility index (Phi) is 9.07. The van der Waals surface area contributed by atoms with E-state index in [1.54, 1.807) is 0 Å². The number of aliphatic imine (C=N–C) groups is 2. The fourth-order valence-corrected chi connectivity index (χ4v) is 1.77. The summed E-state index contributed by atoms with van der Waals surface area (Å²) in [6.07, 6.45) is 3.91. The Bertz CT molecular complexity index is 586. The first-order valence-corrected chi connectivity index (χ1v) is 7.12. The highest BCUT2D eigenvalue weighted by atomic mass is 16.5. The van der Waals surface area contributed by atoms with Gasteiger partial charge in [-0.1, -0.05) is 24.3 Å². The van der Waals surface area contributed by atoms with E-state index in [4.69, 9.17) is 0 Å². The second-order valence-corrected chi connectivity index (χ2v) is 4.61. The summed E-state index contributed by atoms with van der Waals surface area (Å²) in [7, 11) is 0. The highest BCUT2D eigenvalue weighted by molar-refractivity contribution is 5.70. The molecule has 126 valence electrons. The lowest BCUT2D eigenvalue weighted by atomic mass is 10.0. The molecule has 0 unspecified atom stereocenters. The topological polar surface area (TPSA) is 111 Å². The molecule has 0 spiro atoms. The lowest BCUT2D eigenvalue weighted by molar-refractivity contribution is -0.144. The Hall–Kier alpha value is -3.08. The van der Waals surface area contributed by atoms with Crippen LogP contribution in [0.3, 0.4) is 0 Å². The van der Waals surface area contributed by atoms with Gasteiger partial charge in [0.2, 0.25) is 12.2 Å². The largest absolute Gasteiger partial charge is 0.442 e. The predicted octanol–water partition coefficient (Wildman–Crippen LogP) is 1.22. The van der Waals surface area contributed by atoms with Crippen molar-refractivity contribution in [2.75, 3.05) is 13.5 Å². The van der Waals surface area contributed by atoms with Gasteiger partial charge in [0.05, 0.1) is 0 Å². The van der Waals surface area contributed by atoms with E-state index >= 15 is 0 Å². The molecular formula is C16H16N2O6. The number of nitrogens with zero attached hydrogens (tertiary/aromatic N) is 2. The number of carbonyl (C=O) groups is 2. The van der Waals surface area contributed by atoms with Crippen LogP contribution in [0.5, 0.6) is 0 Å². The van der Waals surface area contributed by atoms with Crippen LogP contribution in [0.4, 0.5) is 0 Å². The summed E-state index contributed by atoms with van der Waals surface area (Å²) in [5.74, 6) is -0.891. The highest BCUT2D eigenvalue weighted by Gasteiger charge is 2.05. The molecule has 24 heavy (non-hydrogen) atoms. The van der Waals surface area contributed by atoms with Crippen LogP contribution >= 0.6 is 0 Å². The molecule has 0 saturated heterocycles. The van der Waals surface area contributed by atoms with Crippen molar-refractivity contribution < 1.29 is 28.7 Å². The fraction of sp³-hybridized carbons (Fsp3) is 0.375. The number of ether oxygens (including phenoxy) is 2.